The van der Waals surface area contributed by atoms with Crippen LogP contribution in [0.25, 0.3) is 0 Å². The maximum Gasteiger partial charge on any atom is 0.163 e. The summed E-state index contributed by atoms with van der Waals surface area (Å²) < 4.78 is 16.1. The van der Waals surface area contributed by atoms with Crippen LogP contribution in [0, 0.1) is 0 Å². The largest absolute Gasteiger partial charge is 0.486 e. The van der Waals surface area contributed by atoms with E-state index >= 15 is 0 Å². The van der Waals surface area contributed by atoms with Crippen LogP contribution in [0.1, 0.15) is 6.42 Å². The van der Waals surface area contributed by atoms with Crippen LogP contribution in [0.15, 0.2) is 24.5 Å². The molecule has 0 saturated carbocycles. The van der Waals surface area contributed by atoms with Gasteiger partial charge in [-0.05, 0) is 18.6 Å². The van der Waals surface area contributed by atoms with E-state index in [1.165, 1.54) is 6.33 Å². The Bertz CT molecular complexity index is 695. The van der Waals surface area contributed by atoms with Crippen LogP contribution in [0.5, 0.6) is 11.5 Å². The van der Waals surface area contributed by atoms with Crippen LogP contribution in [0.2, 0.25) is 0 Å². The number of nitrogens with two attached hydrogens (primary N) is 1. The second-order valence-corrected chi connectivity index (χ2v) is 5.24. The Morgan fingerprint density at radius 1 is 1.17 bits per heavy atom. The molecule has 24 heavy (non-hydrogen) atoms. The van der Waals surface area contributed by atoms with Crippen molar-refractivity contribution in [1.82, 2.24) is 9.97 Å². The molecular formula is C16H21N5O3. The summed E-state index contributed by atoms with van der Waals surface area (Å²) in [4.78, 5) is 8.38. The van der Waals surface area contributed by atoms with Crippen molar-refractivity contribution in [1.29, 1.82) is 0 Å². The average molecular weight is 331 g/mol. The van der Waals surface area contributed by atoms with Gasteiger partial charge in [-0.1, -0.05) is 0 Å². The molecular weight excluding hydrogens is 310 g/mol. The monoisotopic (exact) mass is 331 g/mol. The van der Waals surface area contributed by atoms with Crippen LogP contribution in [-0.4, -0.2) is 43.4 Å². The van der Waals surface area contributed by atoms with E-state index in [4.69, 9.17) is 19.9 Å². The fourth-order valence-corrected chi connectivity index (χ4v) is 2.32. The summed E-state index contributed by atoms with van der Waals surface area (Å²) in [6.07, 6.45) is 2.33. The second kappa shape index (κ2) is 7.69. The second-order valence-electron chi connectivity index (χ2n) is 5.24. The van der Waals surface area contributed by atoms with Crippen molar-refractivity contribution in [3.8, 4) is 11.5 Å². The number of fused-ring (bicyclic) bond motifs is 1. The quantitative estimate of drug-likeness (QED) is 0.662. The smallest absolute Gasteiger partial charge is 0.163 e. The molecule has 1 aromatic carbocycles. The third-order valence-corrected chi connectivity index (χ3v) is 3.51. The van der Waals surface area contributed by atoms with E-state index in [1.54, 1.807) is 7.11 Å². The number of nitrogens with one attached hydrogen (secondary N) is 2. The molecule has 0 amide bonds. The van der Waals surface area contributed by atoms with Gasteiger partial charge in [-0.2, -0.15) is 0 Å². The highest BCUT2D eigenvalue weighted by molar-refractivity contribution is 5.78. The highest BCUT2D eigenvalue weighted by Crippen LogP contribution is 2.34. The minimum absolute atomic E-state index is 0.463. The number of ether oxygens (including phenoxy) is 3. The first-order valence-corrected chi connectivity index (χ1v) is 7.78. The number of hydrogen-bond acceptors (Lipinski definition) is 8. The summed E-state index contributed by atoms with van der Waals surface area (Å²) in [5, 5.41) is 6.37. The Kier molecular flexibility index (Phi) is 5.17. The standard InChI is InChI=1S/C16H21N5O3/c1-22-6-2-5-18-15-14(17)16(20-10-19-15)21-11-3-4-12-13(9-11)24-8-7-23-12/h3-4,9-10H,2,5-8,17H2,1H3,(H2,18,19,20,21). The van der Waals surface area contributed by atoms with Crippen molar-refractivity contribution in [3.05, 3.63) is 24.5 Å². The van der Waals surface area contributed by atoms with Crippen molar-refractivity contribution >= 4 is 23.0 Å². The van der Waals surface area contributed by atoms with Gasteiger partial charge in [0.15, 0.2) is 23.1 Å². The highest BCUT2D eigenvalue weighted by atomic mass is 16.6. The van der Waals surface area contributed by atoms with Crippen molar-refractivity contribution in [2.24, 2.45) is 0 Å². The maximum absolute atomic E-state index is 6.15. The zero-order valence-corrected chi connectivity index (χ0v) is 13.5. The minimum Gasteiger partial charge on any atom is -0.486 e. The van der Waals surface area contributed by atoms with Crippen molar-refractivity contribution in [2.45, 2.75) is 6.42 Å². The van der Waals surface area contributed by atoms with Crippen LogP contribution >= 0.6 is 0 Å². The lowest BCUT2D eigenvalue weighted by molar-refractivity contribution is 0.171. The molecule has 128 valence electrons. The highest BCUT2D eigenvalue weighted by Gasteiger charge is 2.13. The Balaban J connectivity index is 1.70. The van der Waals surface area contributed by atoms with Gasteiger partial charge in [-0.15, -0.1) is 0 Å². The van der Waals surface area contributed by atoms with Crippen LogP contribution < -0.4 is 25.8 Å². The van der Waals surface area contributed by atoms with Crippen LogP contribution in [0.3, 0.4) is 0 Å². The van der Waals surface area contributed by atoms with Gasteiger partial charge in [-0.25, -0.2) is 9.97 Å². The molecule has 1 aromatic heterocycles. The van der Waals surface area contributed by atoms with Gasteiger partial charge in [0, 0.05) is 32.0 Å². The van der Waals surface area contributed by atoms with Crippen molar-refractivity contribution < 1.29 is 14.2 Å². The molecule has 1 aliphatic rings. The fraction of sp³-hybridized carbons (Fsp3) is 0.375. The summed E-state index contributed by atoms with van der Waals surface area (Å²) in [5.41, 5.74) is 7.42. The number of benzene rings is 1. The summed E-state index contributed by atoms with van der Waals surface area (Å²) in [7, 11) is 1.68. The van der Waals surface area contributed by atoms with Crippen LogP contribution in [-0.2, 0) is 4.74 Å². The van der Waals surface area contributed by atoms with Gasteiger partial charge >= 0.3 is 0 Å². The minimum atomic E-state index is 0.463. The SMILES string of the molecule is COCCCNc1ncnc(Nc2ccc3c(c2)OCCO3)c1N. The van der Waals surface area contributed by atoms with Crippen molar-refractivity contribution in [2.75, 3.05) is 49.8 Å². The van der Waals surface area contributed by atoms with E-state index in [0.717, 1.165) is 24.4 Å². The zero-order chi connectivity index (χ0) is 16.8. The molecule has 1 aliphatic heterocycles. The van der Waals surface area contributed by atoms with E-state index in [1.807, 2.05) is 18.2 Å². The van der Waals surface area contributed by atoms with Crippen LogP contribution in [0.4, 0.5) is 23.0 Å². The summed E-state index contributed by atoms with van der Waals surface area (Å²) in [6.45, 7) is 2.51. The van der Waals surface area contributed by atoms with Gasteiger partial charge in [0.2, 0.25) is 0 Å². The number of aromatic nitrogens is 2. The van der Waals surface area contributed by atoms with E-state index < -0.39 is 0 Å². The zero-order valence-electron chi connectivity index (χ0n) is 13.5. The first-order valence-electron chi connectivity index (χ1n) is 7.78. The molecule has 4 N–H and O–H groups in total. The fourth-order valence-electron chi connectivity index (χ4n) is 2.32. The molecule has 2 heterocycles. The summed E-state index contributed by atoms with van der Waals surface area (Å²) in [5.74, 6) is 2.58. The van der Waals surface area contributed by atoms with Gasteiger partial charge in [-0.3, -0.25) is 0 Å². The number of anilines is 4. The molecule has 8 nitrogen and oxygen atoms in total. The Hall–Kier alpha value is -2.74. The van der Waals surface area contributed by atoms with E-state index in [2.05, 4.69) is 20.6 Å². The number of hydrogen-bond donors (Lipinski definition) is 3. The Morgan fingerprint density at radius 3 is 2.79 bits per heavy atom. The molecule has 0 fully saturated rings. The maximum atomic E-state index is 6.15. The number of nitrogen functional groups attached to an aromatic ring is 1. The summed E-state index contributed by atoms with van der Waals surface area (Å²) >= 11 is 0. The lowest BCUT2D eigenvalue weighted by Gasteiger charge is -2.19. The third kappa shape index (κ3) is 3.77. The molecule has 2 aromatic rings. The Labute approximate surface area is 140 Å². The number of methoxy groups -OCH3 is 1. The lowest BCUT2D eigenvalue weighted by atomic mass is 10.2. The molecule has 0 atom stereocenters. The molecule has 0 bridgehead atoms. The van der Waals surface area contributed by atoms with Gasteiger partial charge in [0.05, 0.1) is 0 Å². The number of rotatable bonds is 7. The van der Waals surface area contributed by atoms with Gasteiger partial charge in [0.25, 0.3) is 0 Å². The molecule has 0 aliphatic carbocycles. The normalized spacial score (nSPS) is 12.7. The predicted molar refractivity (Wildman–Crippen MR) is 92.1 cm³/mol. The molecule has 0 radical (unpaired) electrons. The van der Waals surface area contributed by atoms with E-state index in [-0.39, 0.29) is 0 Å². The first kappa shape index (κ1) is 16.1. The third-order valence-electron chi connectivity index (χ3n) is 3.51. The molecule has 3 rings (SSSR count). The van der Waals surface area contributed by atoms with Gasteiger partial charge in [0.1, 0.15) is 25.2 Å². The number of nitrogens with zero attached hydrogens (tertiary/aromatic N) is 2. The topological polar surface area (TPSA) is 104 Å². The molecule has 0 unspecified atom stereocenters. The summed E-state index contributed by atoms with van der Waals surface area (Å²) in [6, 6.07) is 5.61. The van der Waals surface area contributed by atoms with E-state index in [0.29, 0.717) is 42.9 Å². The van der Waals surface area contributed by atoms with Crippen molar-refractivity contribution in [3.63, 3.8) is 0 Å². The van der Waals surface area contributed by atoms with E-state index in [9.17, 15) is 0 Å². The molecule has 0 saturated heterocycles. The predicted octanol–water partition coefficient (Wildman–Crippen LogP) is 2.02. The molecule has 0 spiro atoms. The average Bonchev–Trinajstić information content (AvgIpc) is 2.61. The molecule has 8 heteroatoms. The first-order chi connectivity index (χ1) is 11.8. The van der Waals surface area contributed by atoms with Gasteiger partial charge < -0.3 is 30.6 Å². The Morgan fingerprint density at radius 2 is 1.96 bits per heavy atom. The lowest BCUT2D eigenvalue weighted by Crippen LogP contribution is -2.15.